The number of nitro benzene ring substituents is 1. The molecular formula is C23H20N4O3. The quantitative estimate of drug-likeness (QED) is 0.358. The van der Waals surface area contributed by atoms with Gasteiger partial charge in [0.25, 0.3) is 11.6 Å². The molecule has 4 rings (SSSR count). The second-order valence-corrected chi connectivity index (χ2v) is 7.21. The molecule has 7 heteroatoms. The number of nitrogens with zero attached hydrogens (tertiary/aromatic N) is 4. The van der Waals surface area contributed by atoms with E-state index in [1.807, 2.05) is 61.9 Å². The Kier molecular flexibility index (Phi) is 4.79. The van der Waals surface area contributed by atoms with Gasteiger partial charge in [0.05, 0.1) is 21.9 Å². The van der Waals surface area contributed by atoms with Gasteiger partial charge in [0.2, 0.25) is 0 Å². The van der Waals surface area contributed by atoms with Crippen LogP contribution < -0.4 is 5.01 Å². The van der Waals surface area contributed by atoms with Crippen molar-refractivity contribution in [2.75, 3.05) is 5.01 Å². The average Bonchev–Trinajstić information content (AvgIpc) is 3.30. The van der Waals surface area contributed by atoms with Gasteiger partial charge >= 0.3 is 0 Å². The average molecular weight is 400 g/mol. The summed E-state index contributed by atoms with van der Waals surface area (Å²) < 4.78 is 1.87. The zero-order chi connectivity index (χ0) is 21.4. The molecule has 0 atom stereocenters. The lowest BCUT2D eigenvalue weighted by molar-refractivity contribution is -0.384. The predicted octanol–water partition coefficient (Wildman–Crippen LogP) is 4.81. The van der Waals surface area contributed by atoms with Crippen LogP contribution in [0.25, 0.3) is 11.8 Å². The molecule has 0 spiro atoms. The number of carbonyl (C=O) groups excluding carboxylic acids is 1. The molecule has 0 unspecified atom stereocenters. The van der Waals surface area contributed by atoms with E-state index in [2.05, 4.69) is 5.10 Å². The number of hydrazone groups is 1. The largest absolute Gasteiger partial charge is 0.317 e. The van der Waals surface area contributed by atoms with Gasteiger partial charge in [0.15, 0.2) is 0 Å². The van der Waals surface area contributed by atoms with Crippen molar-refractivity contribution in [1.29, 1.82) is 0 Å². The lowest BCUT2D eigenvalue weighted by Crippen LogP contribution is -2.21. The van der Waals surface area contributed by atoms with Gasteiger partial charge in [-0.05, 0) is 74.4 Å². The number of rotatable bonds is 4. The maximum atomic E-state index is 13.1. The highest BCUT2D eigenvalue weighted by atomic mass is 16.6. The minimum atomic E-state index is -0.430. The van der Waals surface area contributed by atoms with E-state index in [4.69, 9.17) is 0 Å². The van der Waals surface area contributed by atoms with Crippen LogP contribution in [-0.4, -0.2) is 21.1 Å². The molecule has 1 aliphatic heterocycles. The van der Waals surface area contributed by atoms with Gasteiger partial charge in [0, 0.05) is 29.7 Å². The summed E-state index contributed by atoms with van der Waals surface area (Å²) in [5.41, 5.74) is 5.71. The molecule has 1 aromatic heterocycles. The van der Waals surface area contributed by atoms with Crippen molar-refractivity contribution in [3.63, 3.8) is 0 Å². The van der Waals surface area contributed by atoms with Gasteiger partial charge in [0.1, 0.15) is 0 Å². The zero-order valence-electron chi connectivity index (χ0n) is 16.9. The second-order valence-electron chi connectivity index (χ2n) is 7.21. The summed E-state index contributed by atoms with van der Waals surface area (Å²) in [5, 5.41) is 16.8. The topological polar surface area (TPSA) is 80.7 Å². The maximum Gasteiger partial charge on any atom is 0.280 e. The molecule has 30 heavy (non-hydrogen) atoms. The second kappa shape index (κ2) is 7.44. The van der Waals surface area contributed by atoms with Gasteiger partial charge in [-0.25, -0.2) is 0 Å². The third-order valence-corrected chi connectivity index (χ3v) is 5.21. The van der Waals surface area contributed by atoms with Crippen LogP contribution in [-0.2, 0) is 4.79 Å². The first-order valence-electron chi connectivity index (χ1n) is 9.46. The van der Waals surface area contributed by atoms with Crippen LogP contribution in [0.2, 0.25) is 0 Å². The molecule has 150 valence electrons. The monoisotopic (exact) mass is 400 g/mol. The maximum absolute atomic E-state index is 13.1. The number of anilines is 1. The third kappa shape index (κ3) is 3.41. The highest BCUT2D eigenvalue weighted by molar-refractivity contribution is 6.32. The van der Waals surface area contributed by atoms with Crippen LogP contribution in [0, 0.1) is 24.0 Å². The fourth-order valence-corrected chi connectivity index (χ4v) is 3.35. The molecule has 7 nitrogen and oxygen atoms in total. The van der Waals surface area contributed by atoms with Crippen LogP contribution in [0.4, 0.5) is 11.4 Å². The first kappa shape index (κ1) is 19.3. The van der Waals surface area contributed by atoms with Crippen LogP contribution >= 0.6 is 0 Å². The Morgan fingerprint density at radius 3 is 2.33 bits per heavy atom. The van der Waals surface area contributed by atoms with Gasteiger partial charge in [-0.15, -0.1) is 0 Å². The highest BCUT2D eigenvalue weighted by Gasteiger charge is 2.29. The lowest BCUT2D eigenvalue weighted by Gasteiger charge is -2.13. The Balaban J connectivity index is 1.67. The van der Waals surface area contributed by atoms with E-state index in [-0.39, 0.29) is 11.6 Å². The Labute approximate surface area is 173 Å². The molecule has 1 amide bonds. The number of hydrogen-bond donors (Lipinski definition) is 0. The summed E-state index contributed by atoms with van der Waals surface area (Å²) in [6, 6.07) is 15.8. The van der Waals surface area contributed by atoms with Gasteiger partial charge in [-0.2, -0.15) is 10.1 Å². The Bertz CT molecular complexity index is 1220. The summed E-state index contributed by atoms with van der Waals surface area (Å²) >= 11 is 0. The molecule has 0 N–H and O–H groups in total. The van der Waals surface area contributed by atoms with Crippen LogP contribution in [0.15, 0.2) is 71.5 Å². The molecule has 0 aliphatic carbocycles. The fraction of sp³-hybridized carbons (Fsp3) is 0.130. The summed E-state index contributed by atoms with van der Waals surface area (Å²) in [6.07, 6.45) is 3.64. The smallest absolute Gasteiger partial charge is 0.280 e. The molecule has 0 radical (unpaired) electrons. The third-order valence-electron chi connectivity index (χ3n) is 5.21. The Hall–Kier alpha value is -4.00. The van der Waals surface area contributed by atoms with E-state index in [0.29, 0.717) is 11.3 Å². The molecular weight excluding hydrogens is 380 g/mol. The van der Waals surface area contributed by atoms with Gasteiger partial charge in [-0.3, -0.25) is 14.9 Å². The molecule has 1 aliphatic rings. The van der Waals surface area contributed by atoms with Crippen LogP contribution in [0.5, 0.6) is 0 Å². The van der Waals surface area contributed by atoms with E-state index in [1.165, 1.54) is 17.1 Å². The molecule has 0 saturated heterocycles. The summed E-state index contributed by atoms with van der Waals surface area (Å²) in [4.78, 5) is 23.5. The minimum absolute atomic E-state index is 0.0313. The van der Waals surface area contributed by atoms with Crippen molar-refractivity contribution in [2.45, 2.75) is 20.8 Å². The molecule has 2 aromatic carbocycles. The summed E-state index contributed by atoms with van der Waals surface area (Å²) in [5.74, 6) is -0.188. The van der Waals surface area contributed by atoms with Crippen molar-refractivity contribution in [3.8, 4) is 5.69 Å². The molecule has 0 bridgehead atoms. The number of benzene rings is 2. The zero-order valence-corrected chi connectivity index (χ0v) is 16.9. The first-order valence-corrected chi connectivity index (χ1v) is 9.46. The molecule has 2 heterocycles. The number of aryl methyl sites for hydroxylation is 2. The van der Waals surface area contributed by atoms with Crippen LogP contribution in [0.1, 0.15) is 23.7 Å². The summed E-state index contributed by atoms with van der Waals surface area (Å²) in [7, 11) is 0. The SMILES string of the molecule is CC1=NN(c2ccc(C)c(C)c2)C(=O)/C1=C/c1cccn1-c1ccc([N+](=O)[O-])cc1. The lowest BCUT2D eigenvalue weighted by atomic mass is 10.1. The number of nitro groups is 1. The number of aromatic nitrogens is 1. The highest BCUT2D eigenvalue weighted by Crippen LogP contribution is 2.27. The van der Waals surface area contributed by atoms with Crippen molar-refractivity contribution < 1.29 is 9.72 Å². The molecule has 3 aromatic rings. The van der Waals surface area contributed by atoms with E-state index in [9.17, 15) is 14.9 Å². The van der Waals surface area contributed by atoms with Crippen molar-refractivity contribution in [3.05, 3.63) is 93.3 Å². The van der Waals surface area contributed by atoms with Crippen molar-refractivity contribution >= 4 is 29.1 Å². The van der Waals surface area contributed by atoms with E-state index in [0.717, 1.165) is 28.2 Å². The fourth-order valence-electron chi connectivity index (χ4n) is 3.35. The first-order chi connectivity index (χ1) is 14.3. The normalized spacial score (nSPS) is 15.0. The van der Waals surface area contributed by atoms with Crippen molar-refractivity contribution in [2.24, 2.45) is 5.10 Å². The number of carbonyl (C=O) groups is 1. The standard InChI is InChI=1S/C23H20N4O3/c1-15-6-7-21(13-16(15)2)26-23(28)22(17(3)24-26)14-20-5-4-12-25(20)18-8-10-19(11-9-18)27(29)30/h4-14H,1-3H3/b22-14+. The molecule has 0 fully saturated rings. The summed E-state index contributed by atoms with van der Waals surface area (Å²) in [6.45, 7) is 5.84. The Morgan fingerprint density at radius 2 is 1.67 bits per heavy atom. The van der Waals surface area contributed by atoms with E-state index in [1.54, 1.807) is 18.2 Å². The van der Waals surface area contributed by atoms with E-state index >= 15 is 0 Å². The van der Waals surface area contributed by atoms with Gasteiger partial charge in [-0.1, -0.05) is 6.07 Å². The number of non-ortho nitro benzene ring substituents is 1. The van der Waals surface area contributed by atoms with Crippen LogP contribution in [0.3, 0.4) is 0 Å². The van der Waals surface area contributed by atoms with E-state index < -0.39 is 4.92 Å². The minimum Gasteiger partial charge on any atom is -0.317 e. The Morgan fingerprint density at radius 1 is 0.967 bits per heavy atom. The number of hydrogen-bond acceptors (Lipinski definition) is 4. The molecule has 0 saturated carbocycles. The predicted molar refractivity (Wildman–Crippen MR) is 117 cm³/mol. The number of amides is 1. The van der Waals surface area contributed by atoms with Crippen molar-refractivity contribution in [1.82, 2.24) is 4.57 Å². The van der Waals surface area contributed by atoms with Gasteiger partial charge < -0.3 is 4.57 Å².